The van der Waals surface area contributed by atoms with Crippen molar-refractivity contribution in [3.8, 4) is 5.75 Å². The number of hydrogen-bond acceptors (Lipinski definition) is 5. The lowest BCUT2D eigenvalue weighted by atomic mass is 10.1. The number of aliphatic carboxylic acids is 1. The number of likely N-dealkylation sites (tertiary alicyclic amines) is 1. The van der Waals surface area contributed by atoms with E-state index in [0.717, 1.165) is 12.0 Å². The monoisotopic (exact) mass is 433 g/mol. The molecule has 2 fully saturated rings. The Balaban J connectivity index is 1.40. The Morgan fingerprint density at radius 2 is 1.91 bits per heavy atom. The highest BCUT2D eigenvalue weighted by Gasteiger charge is 2.56. The van der Waals surface area contributed by atoms with E-state index < -0.39 is 12.0 Å². The molecular weight excluding hydrogens is 410 g/mol. The van der Waals surface area contributed by atoms with E-state index in [2.05, 4.69) is 5.10 Å². The molecule has 1 saturated heterocycles. The third-order valence-electron chi connectivity index (χ3n) is 6.27. The standard InChI is InChI=1S/C24H23N3O5/c1-14(28)23-18-11-17(32-13-15-5-3-2-4-6-15)7-8-19(18)26(25-23)12-22(29)27-20-9-16(20)10-21(27)24(30)31/h2-8,11,16,20-21H,9-10,12-13H2,1H3,(H,30,31)/t16-,20-,21+/m1/s1. The van der Waals surface area contributed by atoms with Gasteiger partial charge >= 0.3 is 5.97 Å². The van der Waals surface area contributed by atoms with Crippen molar-refractivity contribution < 1.29 is 24.2 Å². The van der Waals surface area contributed by atoms with Gasteiger partial charge in [-0.2, -0.15) is 5.10 Å². The number of hydrogen-bond donors (Lipinski definition) is 1. The third-order valence-corrected chi connectivity index (χ3v) is 6.27. The summed E-state index contributed by atoms with van der Waals surface area (Å²) in [7, 11) is 0. The zero-order valence-corrected chi connectivity index (χ0v) is 17.6. The van der Waals surface area contributed by atoms with Crippen LogP contribution in [0.15, 0.2) is 48.5 Å². The number of rotatable bonds is 7. The highest BCUT2D eigenvalue weighted by molar-refractivity contribution is 6.05. The summed E-state index contributed by atoms with van der Waals surface area (Å²) in [6, 6.07) is 14.3. The highest BCUT2D eigenvalue weighted by atomic mass is 16.5. The lowest BCUT2D eigenvalue weighted by molar-refractivity contribution is -0.149. The number of nitrogens with zero attached hydrogens (tertiary/aromatic N) is 3. The summed E-state index contributed by atoms with van der Waals surface area (Å²) in [5, 5.41) is 14.5. The Hall–Kier alpha value is -3.68. The molecule has 164 valence electrons. The number of fused-ring (bicyclic) bond motifs is 2. The number of benzene rings is 2. The predicted molar refractivity (Wildman–Crippen MR) is 115 cm³/mol. The van der Waals surface area contributed by atoms with Crippen LogP contribution in [-0.4, -0.2) is 49.5 Å². The van der Waals surface area contributed by atoms with E-state index in [0.29, 0.717) is 29.7 Å². The molecule has 2 aromatic carbocycles. The average molecular weight is 433 g/mol. The SMILES string of the molecule is CC(=O)c1nn(CC(=O)N2[C@@H]3C[C@@H]3C[C@H]2C(=O)O)c2ccc(OCc3ccccc3)cc12. The molecule has 1 saturated carbocycles. The Morgan fingerprint density at radius 1 is 1.12 bits per heavy atom. The van der Waals surface area contributed by atoms with Crippen LogP contribution in [0, 0.1) is 5.92 Å². The molecule has 3 atom stereocenters. The van der Waals surface area contributed by atoms with Crippen LogP contribution in [0.2, 0.25) is 0 Å². The minimum Gasteiger partial charge on any atom is -0.489 e. The summed E-state index contributed by atoms with van der Waals surface area (Å²) in [5.74, 6) is -0.590. The molecule has 1 aliphatic heterocycles. The molecule has 2 heterocycles. The van der Waals surface area contributed by atoms with Gasteiger partial charge < -0.3 is 14.7 Å². The summed E-state index contributed by atoms with van der Waals surface area (Å²) in [4.78, 5) is 38.3. The topological polar surface area (TPSA) is 102 Å². The van der Waals surface area contributed by atoms with Crippen LogP contribution in [-0.2, 0) is 22.7 Å². The van der Waals surface area contributed by atoms with Crippen molar-refractivity contribution in [2.24, 2.45) is 5.92 Å². The van der Waals surface area contributed by atoms with Crippen molar-refractivity contribution in [2.75, 3.05) is 0 Å². The molecule has 8 nitrogen and oxygen atoms in total. The maximum absolute atomic E-state index is 13.0. The van der Waals surface area contributed by atoms with Gasteiger partial charge in [0, 0.05) is 18.4 Å². The van der Waals surface area contributed by atoms with Gasteiger partial charge in [-0.15, -0.1) is 0 Å². The first-order valence-electron chi connectivity index (χ1n) is 10.6. The molecule has 1 aliphatic carbocycles. The number of Topliss-reactive ketones (excluding diaryl/α,β-unsaturated/α-hetero) is 1. The number of carbonyl (C=O) groups excluding carboxylic acids is 2. The van der Waals surface area contributed by atoms with Gasteiger partial charge in [0.2, 0.25) is 5.91 Å². The van der Waals surface area contributed by atoms with Crippen LogP contribution in [0.4, 0.5) is 0 Å². The summed E-state index contributed by atoms with van der Waals surface area (Å²) < 4.78 is 7.37. The average Bonchev–Trinajstić information content (AvgIpc) is 3.29. The molecule has 2 aliphatic rings. The quantitative estimate of drug-likeness (QED) is 0.575. The third kappa shape index (κ3) is 3.62. The summed E-state index contributed by atoms with van der Waals surface area (Å²) in [6.07, 6.45) is 1.36. The lowest BCUT2D eigenvalue weighted by Gasteiger charge is -2.24. The van der Waals surface area contributed by atoms with Gasteiger partial charge in [0.25, 0.3) is 0 Å². The molecular formula is C24H23N3O5. The molecule has 3 aromatic rings. The number of ketones is 1. The zero-order chi connectivity index (χ0) is 22.4. The Kier molecular flexibility index (Phi) is 4.92. The van der Waals surface area contributed by atoms with E-state index in [4.69, 9.17) is 4.74 Å². The van der Waals surface area contributed by atoms with Crippen LogP contribution in [0.5, 0.6) is 5.75 Å². The molecule has 1 aromatic heterocycles. The predicted octanol–water partition coefficient (Wildman–Crippen LogP) is 2.89. The van der Waals surface area contributed by atoms with Gasteiger partial charge in [-0.3, -0.25) is 14.3 Å². The Morgan fingerprint density at radius 3 is 2.62 bits per heavy atom. The summed E-state index contributed by atoms with van der Waals surface area (Å²) in [5.41, 5.74) is 1.92. The molecule has 0 spiro atoms. The minimum absolute atomic E-state index is 0.00990. The maximum atomic E-state index is 13.0. The van der Waals surface area contributed by atoms with Crippen LogP contribution < -0.4 is 4.74 Å². The normalized spacial score (nSPS) is 21.4. The fraction of sp³-hybridized carbons (Fsp3) is 0.333. The zero-order valence-electron chi connectivity index (χ0n) is 17.6. The first kappa shape index (κ1) is 20.2. The van der Waals surface area contributed by atoms with Gasteiger partial charge in [0.15, 0.2) is 5.78 Å². The van der Waals surface area contributed by atoms with Gasteiger partial charge in [0.1, 0.15) is 30.6 Å². The molecule has 0 radical (unpaired) electrons. The van der Waals surface area contributed by atoms with Crippen LogP contribution in [0.3, 0.4) is 0 Å². The van der Waals surface area contributed by atoms with Crippen molar-refractivity contribution in [1.29, 1.82) is 0 Å². The van der Waals surface area contributed by atoms with Gasteiger partial charge in [-0.05, 0) is 42.5 Å². The van der Waals surface area contributed by atoms with Crippen molar-refractivity contribution in [2.45, 2.75) is 45.0 Å². The highest BCUT2D eigenvalue weighted by Crippen LogP contribution is 2.48. The minimum atomic E-state index is -0.972. The maximum Gasteiger partial charge on any atom is 0.326 e. The van der Waals surface area contributed by atoms with Crippen molar-refractivity contribution >= 4 is 28.6 Å². The van der Waals surface area contributed by atoms with Crippen molar-refractivity contribution in [3.05, 3.63) is 59.8 Å². The first-order valence-corrected chi connectivity index (χ1v) is 10.6. The smallest absolute Gasteiger partial charge is 0.326 e. The molecule has 32 heavy (non-hydrogen) atoms. The second-order valence-corrected chi connectivity index (χ2v) is 8.47. The number of carbonyl (C=O) groups is 3. The van der Waals surface area contributed by atoms with Gasteiger partial charge in [0.05, 0.1) is 5.52 Å². The Bertz CT molecular complexity index is 1220. The second-order valence-electron chi connectivity index (χ2n) is 8.47. The fourth-order valence-electron chi connectivity index (χ4n) is 4.62. The molecule has 1 N–H and O–H groups in total. The van der Waals surface area contributed by atoms with Crippen molar-refractivity contribution in [3.63, 3.8) is 0 Å². The number of ether oxygens (including phenoxy) is 1. The molecule has 8 heteroatoms. The Labute approximate surface area is 184 Å². The molecule has 5 rings (SSSR count). The summed E-state index contributed by atoms with van der Waals surface area (Å²) >= 11 is 0. The first-order chi connectivity index (χ1) is 15.4. The van der Waals surface area contributed by atoms with Crippen LogP contribution in [0.1, 0.15) is 35.8 Å². The number of piperidine rings is 1. The van der Waals surface area contributed by atoms with Gasteiger partial charge in [-0.1, -0.05) is 30.3 Å². The van der Waals surface area contributed by atoms with Gasteiger partial charge in [-0.25, -0.2) is 4.79 Å². The number of carboxylic acids is 1. The number of amides is 1. The molecule has 0 unspecified atom stereocenters. The number of aromatic nitrogens is 2. The van der Waals surface area contributed by atoms with E-state index in [9.17, 15) is 19.5 Å². The van der Waals surface area contributed by atoms with E-state index >= 15 is 0 Å². The molecule has 0 bridgehead atoms. The van der Waals surface area contributed by atoms with Crippen LogP contribution >= 0.6 is 0 Å². The van der Waals surface area contributed by atoms with E-state index in [1.165, 1.54) is 16.5 Å². The number of carboxylic acid groups (broad SMARTS) is 1. The van der Waals surface area contributed by atoms with E-state index in [1.54, 1.807) is 18.2 Å². The summed E-state index contributed by atoms with van der Waals surface area (Å²) in [6.45, 7) is 1.71. The second kappa shape index (κ2) is 7.78. The lowest BCUT2D eigenvalue weighted by Crippen LogP contribution is -2.44. The fourth-order valence-corrected chi connectivity index (χ4v) is 4.62. The van der Waals surface area contributed by atoms with E-state index in [1.807, 2.05) is 30.3 Å². The van der Waals surface area contributed by atoms with Crippen molar-refractivity contribution in [1.82, 2.24) is 14.7 Å². The molecule has 1 amide bonds. The largest absolute Gasteiger partial charge is 0.489 e. The van der Waals surface area contributed by atoms with Crippen LogP contribution in [0.25, 0.3) is 10.9 Å². The van der Waals surface area contributed by atoms with E-state index in [-0.39, 0.29) is 35.9 Å².